The van der Waals surface area contributed by atoms with Crippen molar-refractivity contribution in [1.82, 2.24) is 0 Å². The van der Waals surface area contributed by atoms with Crippen molar-refractivity contribution in [1.29, 1.82) is 0 Å². The van der Waals surface area contributed by atoms with Gasteiger partial charge in [0.05, 0.1) is 28.7 Å². The van der Waals surface area contributed by atoms with Crippen LogP contribution in [-0.4, -0.2) is 36.3 Å². The standard InChI is InChI=1S/C29H36O3Si2/c1-31-24-19-17-23(18-20-24)28(34(5,6)26-15-11-8-12-16-26)21-27(22-29(30)32-2)33(3,4)25-13-9-7-10-14-25/h7-21,28H,22H2,1-6H3/b27-21+/t28-/m0/s1. The van der Waals surface area contributed by atoms with E-state index in [1.807, 2.05) is 18.2 Å². The van der Waals surface area contributed by atoms with Gasteiger partial charge >= 0.3 is 5.97 Å². The SMILES string of the molecule is COC(=O)C/C(=C\[C@@H](c1ccc(OC)cc1)[Si](C)(C)c1ccccc1)[Si](C)(C)c1ccccc1. The van der Waals surface area contributed by atoms with Crippen molar-refractivity contribution in [2.24, 2.45) is 0 Å². The number of hydrogen-bond donors (Lipinski definition) is 0. The summed E-state index contributed by atoms with van der Waals surface area (Å²) in [5, 5.41) is 3.92. The van der Waals surface area contributed by atoms with Gasteiger partial charge in [-0.25, -0.2) is 0 Å². The minimum atomic E-state index is -2.12. The van der Waals surface area contributed by atoms with Crippen LogP contribution in [0, 0.1) is 0 Å². The van der Waals surface area contributed by atoms with Crippen LogP contribution in [0.5, 0.6) is 5.75 Å². The van der Waals surface area contributed by atoms with Gasteiger partial charge in [-0.05, 0) is 17.7 Å². The minimum absolute atomic E-state index is 0.185. The largest absolute Gasteiger partial charge is 0.497 e. The summed E-state index contributed by atoms with van der Waals surface area (Å²) in [6.07, 6.45) is 2.73. The summed E-state index contributed by atoms with van der Waals surface area (Å²) in [5.41, 5.74) is 1.44. The smallest absolute Gasteiger partial charge is 0.309 e. The van der Waals surface area contributed by atoms with E-state index in [1.54, 1.807) is 7.11 Å². The first kappa shape index (κ1) is 25.7. The highest BCUT2D eigenvalue weighted by Crippen LogP contribution is 2.33. The van der Waals surface area contributed by atoms with Crippen LogP contribution in [-0.2, 0) is 9.53 Å². The summed E-state index contributed by atoms with van der Waals surface area (Å²) in [4.78, 5) is 12.6. The van der Waals surface area contributed by atoms with E-state index < -0.39 is 16.1 Å². The molecule has 3 rings (SSSR count). The van der Waals surface area contributed by atoms with Crippen molar-refractivity contribution in [3.63, 3.8) is 0 Å². The van der Waals surface area contributed by atoms with Crippen LogP contribution in [0.4, 0.5) is 0 Å². The highest BCUT2D eigenvalue weighted by atomic mass is 28.3. The number of esters is 1. The summed E-state index contributed by atoms with van der Waals surface area (Å²) >= 11 is 0. The lowest BCUT2D eigenvalue weighted by Crippen LogP contribution is -2.49. The van der Waals surface area contributed by atoms with Crippen LogP contribution in [0.15, 0.2) is 96.2 Å². The molecule has 178 valence electrons. The van der Waals surface area contributed by atoms with E-state index in [4.69, 9.17) is 9.47 Å². The predicted octanol–water partition coefficient (Wildman–Crippen LogP) is 5.58. The van der Waals surface area contributed by atoms with Gasteiger partial charge in [-0.1, -0.05) is 121 Å². The number of carbonyl (C=O) groups excluding carboxylic acids is 1. The van der Waals surface area contributed by atoms with Gasteiger partial charge in [-0.15, -0.1) is 0 Å². The van der Waals surface area contributed by atoms with Crippen molar-refractivity contribution >= 4 is 32.5 Å². The molecule has 34 heavy (non-hydrogen) atoms. The Kier molecular flexibility index (Phi) is 8.34. The van der Waals surface area contributed by atoms with Gasteiger partial charge in [0, 0.05) is 5.54 Å². The fraction of sp³-hybridized carbons (Fsp3) is 0.276. The number of rotatable bonds is 9. The van der Waals surface area contributed by atoms with Gasteiger partial charge in [-0.3, -0.25) is 4.79 Å². The molecule has 0 heterocycles. The lowest BCUT2D eigenvalue weighted by molar-refractivity contribution is -0.139. The number of carbonyl (C=O) groups is 1. The van der Waals surface area contributed by atoms with E-state index in [0.29, 0.717) is 6.42 Å². The second-order valence-corrected chi connectivity index (χ2v) is 18.9. The lowest BCUT2D eigenvalue weighted by atomic mass is 10.1. The number of methoxy groups -OCH3 is 2. The maximum absolute atomic E-state index is 12.6. The molecule has 0 unspecified atom stereocenters. The number of ether oxygens (including phenoxy) is 2. The third-order valence-corrected chi connectivity index (χ3v) is 14.6. The van der Waals surface area contributed by atoms with E-state index in [1.165, 1.54) is 28.2 Å². The van der Waals surface area contributed by atoms with Crippen LogP contribution >= 0.6 is 0 Å². The van der Waals surface area contributed by atoms with Crippen LogP contribution in [0.3, 0.4) is 0 Å². The molecule has 0 amide bonds. The summed E-state index contributed by atoms with van der Waals surface area (Å²) in [6.45, 7) is 9.50. The molecular weight excluding hydrogens is 452 g/mol. The quantitative estimate of drug-likeness (QED) is 0.291. The molecule has 1 atom stereocenters. The predicted molar refractivity (Wildman–Crippen MR) is 148 cm³/mol. The molecule has 0 radical (unpaired) electrons. The fourth-order valence-electron chi connectivity index (χ4n) is 4.54. The highest BCUT2D eigenvalue weighted by Gasteiger charge is 2.37. The highest BCUT2D eigenvalue weighted by molar-refractivity contribution is 6.96. The first-order chi connectivity index (χ1) is 16.2. The fourth-order valence-corrected chi connectivity index (χ4v) is 10.3. The van der Waals surface area contributed by atoms with Gasteiger partial charge in [0.1, 0.15) is 13.8 Å². The maximum Gasteiger partial charge on any atom is 0.309 e. The average molecular weight is 489 g/mol. The molecule has 3 aromatic rings. The molecule has 3 nitrogen and oxygen atoms in total. The molecule has 5 heteroatoms. The topological polar surface area (TPSA) is 35.5 Å². The number of allylic oxidation sites excluding steroid dienone is 1. The van der Waals surface area contributed by atoms with Crippen molar-refractivity contribution in [2.75, 3.05) is 14.2 Å². The first-order valence-electron chi connectivity index (χ1n) is 11.7. The van der Waals surface area contributed by atoms with E-state index in [9.17, 15) is 4.79 Å². The Labute approximate surface area is 206 Å². The van der Waals surface area contributed by atoms with Gasteiger partial charge in [0.25, 0.3) is 0 Å². The Morgan fingerprint density at radius 3 is 1.82 bits per heavy atom. The molecule has 0 N–H and O–H groups in total. The second-order valence-electron chi connectivity index (χ2n) is 9.77. The van der Waals surface area contributed by atoms with Crippen LogP contribution < -0.4 is 15.1 Å². The molecule has 0 aliphatic rings. The molecule has 0 aliphatic carbocycles. The zero-order chi connectivity index (χ0) is 24.8. The summed E-state index contributed by atoms with van der Waals surface area (Å²) < 4.78 is 10.6. The van der Waals surface area contributed by atoms with Gasteiger partial charge in [0.2, 0.25) is 0 Å². The molecule has 0 saturated heterocycles. The summed E-state index contributed by atoms with van der Waals surface area (Å²) in [6, 6.07) is 29.8. The molecule has 0 fully saturated rings. The first-order valence-corrected chi connectivity index (χ1v) is 17.8. The van der Waals surface area contributed by atoms with Gasteiger partial charge in [0.15, 0.2) is 0 Å². The molecule has 0 aliphatic heterocycles. The molecule has 0 saturated carbocycles. The lowest BCUT2D eigenvalue weighted by Gasteiger charge is -2.35. The van der Waals surface area contributed by atoms with E-state index >= 15 is 0 Å². The normalized spacial score (nSPS) is 13.3. The molecular formula is C29H36O3Si2. The Morgan fingerprint density at radius 1 is 0.794 bits per heavy atom. The average Bonchev–Trinajstić information content (AvgIpc) is 2.87. The van der Waals surface area contributed by atoms with Crippen LogP contribution in [0.2, 0.25) is 26.2 Å². The summed E-state index contributed by atoms with van der Waals surface area (Å²) in [5.74, 6) is 0.662. The molecule has 0 spiro atoms. The number of hydrogen-bond acceptors (Lipinski definition) is 3. The molecule has 3 aromatic carbocycles. The minimum Gasteiger partial charge on any atom is -0.497 e. The van der Waals surface area contributed by atoms with E-state index in [-0.39, 0.29) is 11.5 Å². The summed E-state index contributed by atoms with van der Waals surface area (Å²) in [7, 11) is -0.987. The molecule has 0 bridgehead atoms. The second kappa shape index (κ2) is 11.0. The Bertz CT molecular complexity index is 1110. The van der Waals surface area contributed by atoms with Crippen molar-refractivity contribution in [2.45, 2.75) is 38.2 Å². The van der Waals surface area contributed by atoms with Crippen LogP contribution in [0.25, 0.3) is 0 Å². The third-order valence-electron chi connectivity index (χ3n) is 7.00. The van der Waals surface area contributed by atoms with Crippen molar-refractivity contribution < 1.29 is 14.3 Å². The zero-order valence-corrected chi connectivity index (χ0v) is 23.2. The molecule has 0 aromatic heterocycles. The monoisotopic (exact) mass is 488 g/mol. The van der Waals surface area contributed by atoms with Crippen molar-refractivity contribution in [3.8, 4) is 5.75 Å². The van der Waals surface area contributed by atoms with Gasteiger partial charge < -0.3 is 9.47 Å². The van der Waals surface area contributed by atoms with E-state index in [2.05, 4.69) is 99.0 Å². The maximum atomic E-state index is 12.6. The van der Waals surface area contributed by atoms with Crippen molar-refractivity contribution in [3.05, 3.63) is 102 Å². The Morgan fingerprint density at radius 2 is 1.32 bits per heavy atom. The zero-order valence-electron chi connectivity index (χ0n) is 21.2. The third kappa shape index (κ3) is 5.77. The Hall–Kier alpha value is -2.90. The van der Waals surface area contributed by atoms with Gasteiger partial charge in [-0.2, -0.15) is 0 Å². The number of benzene rings is 3. The Balaban J connectivity index is 2.21. The van der Waals surface area contributed by atoms with Crippen LogP contribution in [0.1, 0.15) is 17.5 Å². The van der Waals surface area contributed by atoms with E-state index in [0.717, 1.165) is 5.75 Å².